The number of hydrogen-bond acceptors (Lipinski definition) is 10. The molecule has 0 aromatic carbocycles. The van der Waals surface area contributed by atoms with Gasteiger partial charge in [0.25, 0.3) is 0 Å². The number of anilines is 1. The van der Waals surface area contributed by atoms with Crippen LogP contribution in [0.25, 0.3) is 33.8 Å². The smallest absolute Gasteiger partial charge is 0.439 e. The average Bonchev–Trinajstić information content (AvgIpc) is 3.77. The zero-order valence-electron chi connectivity index (χ0n) is 25.1. The van der Waals surface area contributed by atoms with Gasteiger partial charge in [-0.3, -0.25) is 9.51 Å². The Labute approximate surface area is 260 Å². The van der Waals surface area contributed by atoms with Crippen LogP contribution in [0.3, 0.4) is 0 Å². The molecule has 0 radical (unpaired) electrons. The van der Waals surface area contributed by atoms with Gasteiger partial charge in [0.1, 0.15) is 18.0 Å². The van der Waals surface area contributed by atoms with E-state index in [0.29, 0.717) is 53.6 Å². The average molecular weight is 624 g/mol. The van der Waals surface area contributed by atoms with Crippen molar-refractivity contribution >= 4 is 28.6 Å². The molecule has 1 saturated heterocycles. The van der Waals surface area contributed by atoms with Gasteiger partial charge in [0.05, 0.1) is 47.0 Å². The second-order valence-corrected chi connectivity index (χ2v) is 12.7. The van der Waals surface area contributed by atoms with Gasteiger partial charge in [-0.15, -0.1) is 0 Å². The maximum Gasteiger partial charge on any atom is 0.439 e. The number of halogens is 1. The second kappa shape index (κ2) is 12.5. The van der Waals surface area contributed by atoms with Gasteiger partial charge in [0, 0.05) is 26.4 Å². The van der Waals surface area contributed by atoms with Crippen LogP contribution in [-0.2, 0) is 16.0 Å². The highest BCUT2D eigenvalue weighted by molar-refractivity contribution is 6.30. The third-order valence-corrected chi connectivity index (χ3v) is 9.51. The first kappa shape index (κ1) is 29.2. The molecule has 1 aliphatic heterocycles. The van der Waals surface area contributed by atoms with E-state index >= 15 is 0 Å². The Kier molecular flexibility index (Phi) is 8.30. The number of aromatic amines is 1. The van der Waals surface area contributed by atoms with E-state index in [4.69, 9.17) is 40.3 Å². The lowest BCUT2D eigenvalue weighted by Gasteiger charge is -2.39. The number of imidazole rings is 1. The summed E-state index contributed by atoms with van der Waals surface area (Å²) in [6, 6.07) is 3.95. The van der Waals surface area contributed by atoms with Crippen molar-refractivity contribution in [2.24, 2.45) is 11.8 Å². The maximum absolute atomic E-state index is 11.9. The molecule has 3 fully saturated rings. The zero-order chi connectivity index (χ0) is 30.2. The van der Waals surface area contributed by atoms with Crippen LogP contribution in [0, 0.1) is 11.8 Å². The van der Waals surface area contributed by atoms with Gasteiger partial charge in [-0.1, -0.05) is 36.5 Å². The Morgan fingerprint density at radius 2 is 1.98 bits per heavy atom. The van der Waals surface area contributed by atoms with Gasteiger partial charge >= 0.3 is 5.76 Å². The van der Waals surface area contributed by atoms with Gasteiger partial charge in [-0.2, -0.15) is 0 Å². The fourth-order valence-electron chi connectivity index (χ4n) is 7.06. The molecule has 7 rings (SSSR count). The first-order valence-corrected chi connectivity index (χ1v) is 16.0. The molecular weight excluding hydrogens is 586 g/mol. The molecule has 2 aliphatic carbocycles. The van der Waals surface area contributed by atoms with E-state index in [1.54, 1.807) is 13.3 Å². The summed E-state index contributed by atoms with van der Waals surface area (Å²) in [5.74, 6) is 2.12. The molecule has 13 heteroatoms. The summed E-state index contributed by atoms with van der Waals surface area (Å²) in [4.78, 5) is 31.9. The third-order valence-electron chi connectivity index (χ3n) is 9.30. The van der Waals surface area contributed by atoms with E-state index in [1.165, 1.54) is 25.7 Å². The fourth-order valence-corrected chi connectivity index (χ4v) is 7.22. The molecule has 44 heavy (non-hydrogen) atoms. The number of nitrogens with one attached hydrogen (secondary N) is 1. The lowest BCUT2D eigenvalue weighted by Crippen LogP contribution is -2.49. The summed E-state index contributed by atoms with van der Waals surface area (Å²) in [5, 5.41) is 4.38. The minimum absolute atomic E-state index is 0.207. The summed E-state index contributed by atoms with van der Waals surface area (Å²) in [6.45, 7) is 5.29. The van der Waals surface area contributed by atoms with Gasteiger partial charge in [0.2, 0.25) is 17.7 Å². The molecule has 5 heterocycles. The van der Waals surface area contributed by atoms with Crippen LogP contribution in [0.15, 0.2) is 27.6 Å². The molecular formula is C31H38ClN7O5. The standard InChI is InChI=1S/C31H38ClN7O5/c1-18-6-8-19(9-7-18)17-39-27-22(35-30(39)38-10-11-42-25-5-3-4-24(25)38)15-23(28-36-31(40)44-37-28)34-26(27)21-14-20(32)16-33-29(21)43-13-12-41-2/h14-16,18-19,24-25H,3-13,17H2,1-2H3,(H,36,37,40)/t18?,19?,24-,25-/m0/s1. The van der Waals surface area contributed by atoms with Crippen molar-refractivity contribution in [3.8, 4) is 28.7 Å². The SMILES string of the molecule is COCCOc1ncc(Cl)cc1-c1nc(-c2noc(=O)[nH]2)cc2nc(N3CCO[C@H]4CCC[C@@H]43)n(CC3CCC(C)CC3)c12. The molecule has 2 saturated carbocycles. The largest absolute Gasteiger partial charge is 0.475 e. The fraction of sp³-hybridized carbons (Fsp3) is 0.581. The predicted octanol–water partition coefficient (Wildman–Crippen LogP) is 5.10. The van der Waals surface area contributed by atoms with Crippen LogP contribution in [-0.4, -0.2) is 75.3 Å². The van der Waals surface area contributed by atoms with Crippen molar-refractivity contribution in [3.63, 3.8) is 0 Å². The molecule has 3 aliphatic rings. The van der Waals surface area contributed by atoms with Crippen molar-refractivity contribution < 1.29 is 18.7 Å². The minimum atomic E-state index is -0.658. The number of methoxy groups -OCH3 is 1. The van der Waals surface area contributed by atoms with Gasteiger partial charge in [0.15, 0.2) is 0 Å². The molecule has 4 aromatic heterocycles. The minimum Gasteiger partial charge on any atom is -0.475 e. The first-order valence-electron chi connectivity index (χ1n) is 15.6. The highest BCUT2D eigenvalue weighted by Gasteiger charge is 2.39. The third kappa shape index (κ3) is 5.70. The van der Waals surface area contributed by atoms with E-state index < -0.39 is 5.76 Å². The summed E-state index contributed by atoms with van der Waals surface area (Å²) in [5.41, 5.74) is 3.25. The summed E-state index contributed by atoms with van der Waals surface area (Å²) in [6.07, 6.45) is 9.82. The lowest BCUT2D eigenvalue weighted by atomic mass is 9.83. The zero-order valence-corrected chi connectivity index (χ0v) is 25.9. The highest BCUT2D eigenvalue weighted by Crippen LogP contribution is 2.41. The van der Waals surface area contributed by atoms with Crippen LogP contribution >= 0.6 is 11.6 Å². The highest BCUT2D eigenvalue weighted by atomic mass is 35.5. The molecule has 2 atom stereocenters. The molecule has 0 bridgehead atoms. The quantitative estimate of drug-likeness (QED) is 0.251. The summed E-state index contributed by atoms with van der Waals surface area (Å²) < 4.78 is 24.7. The van der Waals surface area contributed by atoms with Crippen LogP contribution in [0.1, 0.15) is 51.9 Å². The topological polar surface area (TPSA) is 133 Å². The molecule has 1 N–H and O–H groups in total. The Bertz CT molecular complexity index is 1680. The van der Waals surface area contributed by atoms with Gasteiger partial charge in [-0.05, 0) is 56.1 Å². The Morgan fingerprint density at radius 1 is 1.11 bits per heavy atom. The van der Waals surface area contributed by atoms with Crippen molar-refractivity contribution in [3.05, 3.63) is 33.9 Å². The normalized spacial score (nSPS) is 23.8. The van der Waals surface area contributed by atoms with Crippen molar-refractivity contribution in [2.75, 3.05) is 38.4 Å². The Balaban J connectivity index is 1.45. The van der Waals surface area contributed by atoms with Crippen molar-refractivity contribution in [1.29, 1.82) is 0 Å². The van der Waals surface area contributed by atoms with Crippen LogP contribution < -0.4 is 15.4 Å². The number of H-pyrrole nitrogens is 1. The van der Waals surface area contributed by atoms with Gasteiger partial charge < -0.3 is 23.7 Å². The van der Waals surface area contributed by atoms with E-state index in [2.05, 4.69) is 31.5 Å². The number of ether oxygens (including phenoxy) is 3. The Morgan fingerprint density at radius 3 is 2.77 bits per heavy atom. The summed E-state index contributed by atoms with van der Waals surface area (Å²) in [7, 11) is 1.62. The molecule has 12 nitrogen and oxygen atoms in total. The number of pyridine rings is 2. The van der Waals surface area contributed by atoms with Crippen LogP contribution in [0.4, 0.5) is 5.95 Å². The molecule has 234 valence electrons. The number of morpholine rings is 1. The lowest BCUT2D eigenvalue weighted by molar-refractivity contribution is 0.0247. The molecule has 0 amide bonds. The van der Waals surface area contributed by atoms with E-state index in [9.17, 15) is 4.79 Å². The van der Waals surface area contributed by atoms with Crippen molar-refractivity contribution in [1.82, 2.24) is 29.7 Å². The molecule has 0 unspecified atom stereocenters. The van der Waals surface area contributed by atoms with Crippen LogP contribution in [0.2, 0.25) is 5.02 Å². The number of rotatable bonds is 9. The maximum atomic E-state index is 11.9. The molecule has 0 spiro atoms. The number of hydrogen-bond donors (Lipinski definition) is 1. The van der Waals surface area contributed by atoms with E-state index in [1.807, 2.05) is 12.1 Å². The first-order chi connectivity index (χ1) is 21.5. The van der Waals surface area contributed by atoms with E-state index in [0.717, 1.165) is 55.3 Å². The van der Waals surface area contributed by atoms with Crippen molar-refractivity contribution in [2.45, 2.75) is 70.6 Å². The predicted molar refractivity (Wildman–Crippen MR) is 165 cm³/mol. The Hall–Kier alpha value is -3.48. The van der Waals surface area contributed by atoms with Gasteiger partial charge in [-0.25, -0.2) is 19.7 Å². The molecule has 4 aromatic rings. The number of fused-ring (bicyclic) bond motifs is 2. The number of aromatic nitrogens is 6. The van der Waals surface area contributed by atoms with E-state index in [-0.39, 0.29) is 18.0 Å². The monoisotopic (exact) mass is 623 g/mol. The second-order valence-electron chi connectivity index (χ2n) is 12.3. The number of nitrogens with zero attached hydrogens (tertiary/aromatic N) is 6. The summed E-state index contributed by atoms with van der Waals surface area (Å²) >= 11 is 6.55. The van der Waals surface area contributed by atoms with Crippen LogP contribution in [0.5, 0.6) is 5.88 Å².